The van der Waals surface area contributed by atoms with E-state index in [0.717, 1.165) is 0 Å². The summed E-state index contributed by atoms with van der Waals surface area (Å²) in [5.74, 6) is -1.80. The molecule has 0 aliphatic carbocycles. The molecule has 5 nitrogen and oxygen atoms in total. The Labute approximate surface area is 130 Å². The quantitative estimate of drug-likeness (QED) is 0.852. The molecule has 1 aromatic rings. The van der Waals surface area contributed by atoms with Crippen LogP contribution in [0.25, 0.3) is 0 Å². The van der Waals surface area contributed by atoms with Crippen molar-refractivity contribution in [2.45, 2.75) is 19.8 Å². The first-order valence-corrected chi connectivity index (χ1v) is 7.42. The van der Waals surface area contributed by atoms with Crippen LogP contribution in [0.4, 0.5) is 14.9 Å². The fourth-order valence-corrected chi connectivity index (χ4v) is 2.68. The molecule has 2 rings (SSSR count). The first kappa shape index (κ1) is 15.8. The molecule has 1 aromatic carbocycles. The number of carboxylic acid groups (broad SMARTS) is 1. The van der Waals surface area contributed by atoms with E-state index in [1.54, 1.807) is 6.92 Å². The van der Waals surface area contributed by atoms with Crippen molar-refractivity contribution in [2.24, 2.45) is 5.92 Å². The number of carbonyl (C=O) groups is 2. The molecule has 0 radical (unpaired) electrons. The summed E-state index contributed by atoms with van der Waals surface area (Å²) in [6, 6.07) is 2.47. The van der Waals surface area contributed by atoms with E-state index < -0.39 is 17.7 Å². The number of hydrogen-bond acceptors (Lipinski definition) is 2. The van der Waals surface area contributed by atoms with Gasteiger partial charge in [-0.1, -0.05) is 0 Å². The molecule has 1 atom stereocenters. The van der Waals surface area contributed by atoms with Crippen LogP contribution < -0.4 is 5.32 Å². The number of nitrogens with one attached hydrogen (secondary N) is 1. The second kappa shape index (κ2) is 6.43. The number of hydrogen-bond donors (Lipinski definition) is 2. The molecule has 0 saturated carbocycles. The second-order valence-corrected chi connectivity index (χ2v) is 5.99. The molecular weight excluding hydrogens is 343 g/mol. The summed E-state index contributed by atoms with van der Waals surface area (Å²) in [7, 11) is 0. The third kappa shape index (κ3) is 3.72. The molecule has 2 N–H and O–H groups in total. The lowest BCUT2D eigenvalue weighted by atomic mass is 9.99. The van der Waals surface area contributed by atoms with Gasteiger partial charge in [0.15, 0.2) is 0 Å². The highest BCUT2D eigenvalue weighted by Gasteiger charge is 2.28. The molecule has 7 heteroatoms. The number of carboxylic acids is 1. The number of likely N-dealkylation sites (tertiary alicyclic amines) is 1. The largest absolute Gasteiger partial charge is 0.481 e. The van der Waals surface area contributed by atoms with Gasteiger partial charge < -0.3 is 15.3 Å². The van der Waals surface area contributed by atoms with Gasteiger partial charge in [0.25, 0.3) is 0 Å². The summed E-state index contributed by atoms with van der Waals surface area (Å²) >= 11 is 3.08. The highest BCUT2D eigenvalue weighted by Crippen LogP contribution is 2.25. The number of rotatable bonds is 2. The molecule has 114 valence electrons. The molecule has 1 aliphatic heterocycles. The molecule has 1 saturated heterocycles. The molecule has 21 heavy (non-hydrogen) atoms. The van der Waals surface area contributed by atoms with E-state index in [-0.39, 0.29) is 17.0 Å². The van der Waals surface area contributed by atoms with Crippen molar-refractivity contribution in [1.29, 1.82) is 0 Å². The minimum absolute atomic E-state index is 0.197. The Morgan fingerprint density at radius 3 is 2.86 bits per heavy atom. The van der Waals surface area contributed by atoms with E-state index in [0.29, 0.717) is 30.6 Å². The van der Waals surface area contributed by atoms with Gasteiger partial charge in [-0.25, -0.2) is 9.18 Å². The normalized spacial score (nSPS) is 18.4. The number of amides is 2. The van der Waals surface area contributed by atoms with Crippen LogP contribution in [0.15, 0.2) is 16.6 Å². The number of benzene rings is 1. The van der Waals surface area contributed by atoms with Crippen molar-refractivity contribution in [1.82, 2.24) is 4.90 Å². The van der Waals surface area contributed by atoms with Gasteiger partial charge in [0.1, 0.15) is 5.82 Å². The van der Waals surface area contributed by atoms with Gasteiger partial charge in [-0.3, -0.25) is 4.79 Å². The smallest absolute Gasteiger partial charge is 0.321 e. The number of piperidine rings is 1. The number of halogens is 2. The van der Waals surface area contributed by atoms with Gasteiger partial charge in [0.05, 0.1) is 10.4 Å². The number of aliphatic carboxylic acids is 1. The minimum Gasteiger partial charge on any atom is -0.481 e. The van der Waals surface area contributed by atoms with Gasteiger partial charge in [-0.05, 0) is 53.4 Å². The zero-order valence-electron chi connectivity index (χ0n) is 11.5. The molecular formula is C14H16BrFN2O3. The summed E-state index contributed by atoms with van der Waals surface area (Å²) in [4.78, 5) is 24.7. The first-order chi connectivity index (χ1) is 9.88. The second-order valence-electron chi connectivity index (χ2n) is 5.13. The molecule has 0 spiro atoms. The Bertz CT molecular complexity index is 580. The molecule has 1 fully saturated rings. The van der Waals surface area contributed by atoms with E-state index in [4.69, 9.17) is 5.11 Å². The third-order valence-corrected chi connectivity index (χ3v) is 4.17. The number of carbonyl (C=O) groups excluding carboxylic acids is 1. The molecule has 0 unspecified atom stereocenters. The molecule has 0 bridgehead atoms. The van der Waals surface area contributed by atoms with Gasteiger partial charge in [-0.15, -0.1) is 0 Å². The van der Waals surface area contributed by atoms with Crippen molar-refractivity contribution in [3.63, 3.8) is 0 Å². The van der Waals surface area contributed by atoms with Gasteiger partial charge in [0, 0.05) is 18.8 Å². The Balaban J connectivity index is 2.07. The number of nitrogens with zero attached hydrogens (tertiary/aromatic N) is 1. The van der Waals surface area contributed by atoms with Crippen molar-refractivity contribution in [3.8, 4) is 0 Å². The van der Waals surface area contributed by atoms with Crippen molar-refractivity contribution in [2.75, 3.05) is 18.4 Å². The lowest BCUT2D eigenvalue weighted by Crippen LogP contribution is -2.44. The van der Waals surface area contributed by atoms with Crippen LogP contribution in [0.2, 0.25) is 0 Å². The van der Waals surface area contributed by atoms with Crippen LogP contribution >= 0.6 is 15.9 Å². The van der Waals surface area contributed by atoms with E-state index in [1.807, 2.05) is 0 Å². The van der Waals surface area contributed by atoms with Crippen LogP contribution in [0, 0.1) is 18.7 Å². The van der Waals surface area contributed by atoms with Crippen LogP contribution in [-0.2, 0) is 4.79 Å². The topological polar surface area (TPSA) is 69.6 Å². The van der Waals surface area contributed by atoms with Gasteiger partial charge >= 0.3 is 12.0 Å². The third-order valence-electron chi connectivity index (χ3n) is 3.57. The monoisotopic (exact) mass is 358 g/mol. The predicted molar refractivity (Wildman–Crippen MR) is 79.8 cm³/mol. The highest BCUT2D eigenvalue weighted by atomic mass is 79.9. The van der Waals surface area contributed by atoms with Crippen molar-refractivity contribution in [3.05, 3.63) is 28.0 Å². The van der Waals surface area contributed by atoms with Gasteiger partial charge in [-0.2, -0.15) is 0 Å². The summed E-state index contributed by atoms with van der Waals surface area (Å²) in [6.07, 6.45) is 1.25. The Morgan fingerprint density at radius 1 is 1.48 bits per heavy atom. The summed E-state index contributed by atoms with van der Waals surface area (Å²) < 4.78 is 13.6. The first-order valence-electron chi connectivity index (χ1n) is 6.63. The van der Waals surface area contributed by atoms with Crippen LogP contribution in [0.5, 0.6) is 0 Å². The summed E-state index contributed by atoms with van der Waals surface area (Å²) in [6.45, 7) is 2.42. The molecule has 0 aromatic heterocycles. The van der Waals surface area contributed by atoms with Gasteiger partial charge in [0.2, 0.25) is 0 Å². The zero-order chi connectivity index (χ0) is 15.6. The Kier molecular flexibility index (Phi) is 4.82. The lowest BCUT2D eigenvalue weighted by molar-refractivity contribution is -0.143. The summed E-state index contributed by atoms with van der Waals surface area (Å²) in [5, 5.41) is 11.7. The fourth-order valence-electron chi connectivity index (χ4n) is 2.34. The van der Waals surface area contributed by atoms with E-state index in [9.17, 15) is 14.0 Å². The average Bonchev–Trinajstić information content (AvgIpc) is 2.44. The molecule has 1 aliphatic rings. The van der Waals surface area contributed by atoms with Crippen LogP contribution in [0.1, 0.15) is 18.4 Å². The Hall–Kier alpha value is -1.63. The van der Waals surface area contributed by atoms with E-state index in [2.05, 4.69) is 21.2 Å². The number of urea groups is 1. The Morgan fingerprint density at radius 2 is 2.19 bits per heavy atom. The van der Waals surface area contributed by atoms with Crippen LogP contribution in [0.3, 0.4) is 0 Å². The molecule has 1 heterocycles. The minimum atomic E-state index is -0.881. The van der Waals surface area contributed by atoms with E-state index >= 15 is 0 Å². The molecule has 2 amide bonds. The maximum atomic E-state index is 13.4. The van der Waals surface area contributed by atoms with Crippen molar-refractivity contribution < 1.29 is 19.1 Å². The fraction of sp³-hybridized carbons (Fsp3) is 0.429. The predicted octanol–water partition coefficient (Wildman–Crippen LogP) is 3.23. The number of aryl methyl sites for hydroxylation is 1. The SMILES string of the molecule is Cc1cc(F)c(Br)cc1NC(=O)N1CCC[C@H](C(=O)O)C1. The van der Waals surface area contributed by atoms with Crippen molar-refractivity contribution >= 4 is 33.6 Å². The average molecular weight is 359 g/mol. The summed E-state index contributed by atoms with van der Waals surface area (Å²) in [5.41, 5.74) is 1.11. The maximum absolute atomic E-state index is 13.4. The van der Waals surface area contributed by atoms with Crippen LogP contribution in [-0.4, -0.2) is 35.1 Å². The van der Waals surface area contributed by atoms with E-state index in [1.165, 1.54) is 17.0 Å². The standard InChI is InChI=1S/C14H16BrFN2O3/c1-8-5-11(16)10(15)6-12(8)17-14(21)18-4-2-3-9(7-18)13(19)20/h5-6,9H,2-4,7H2,1H3,(H,17,21)(H,19,20)/t9-/m0/s1. The highest BCUT2D eigenvalue weighted by molar-refractivity contribution is 9.10. The zero-order valence-corrected chi connectivity index (χ0v) is 13.1. The maximum Gasteiger partial charge on any atom is 0.321 e. The lowest BCUT2D eigenvalue weighted by Gasteiger charge is -2.30. The number of anilines is 1.